The summed E-state index contributed by atoms with van der Waals surface area (Å²) in [7, 11) is 0. The summed E-state index contributed by atoms with van der Waals surface area (Å²) < 4.78 is 0. The van der Waals surface area contributed by atoms with E-state index in [-0.39, 0.29) is 5.56 Å². The molecule has 0 unspecified atom stereocenters. The molecule has 0 saturated carbocycles. The lowest BCUT2D eigenvalue weighted by molar-refractivity contribution is 0.938. The minimum atomic E-state index is -0.408. The van der Waals surface area contributed by atoms with Gasteiger partial charge in [-0.3, -0.25) is 4.79 Å². The molecule has 0 saturated heterocycles. The van der Waals surface area contributed by atoms with Crippen LogP contribution in [0.1, 0.15) is 11.1 Å². The van der Waals surface area contributed by atoms with Gasteiger partial charge in [-0.25, -0.2) is 4.98 Å². The van der Waals surface area contributed by atoms with Gasteiger partial charge in [0.2, 0.25) is 0 Å². The molecule has 0 spiro atoms. The summed E-state index contributed by atoms with van der Waals surface area (Å²) in [5.41, 5.74) is 4.21. The third-order valence-electron chi connectivity index (χ3n) is 3.75. The number of nitrogens with one attached hydrogen (secondary N) is 1. The zero-order valence-corrected chi connectivity index (χ0v) is 14.1. The first-order chi connectivity index (χ1) is 11.6. The van der Waals surface area contributed by atoms with Crippen molar-refractivity contribution in [2.75, 3.05) is 6.26 Å². The zero-order chi connectivity index (χ0) is 17.1. The number of nitriles is 1. The van der Waals surface area contributed by atoms with E-state index in [1.807, 2.05) is 36.6 Å². The number of nitrogens with zero attached hydrogens (tertiary/aromatic N) is 2. The fraction of sp³-hybridized carbons (Fsp3) is 0.105. The van der Waals surface area contributed by atoms with Gasteiger partial charge in [-0.1, -0.05) is 65.9 Å². The van der Waals surface area contributed by atoms with Crippen molar-refractivity contribution in [1.82, 2.24) is 9.97 Å². The number of benzene rings is 2. The van der Waals surface area contributed by atoms with Crippen LogP contribution >= 0.6 is 11.8 Å². The van der Waals surface area contributed by atoms with Gasteiger partial charge in [0.1, 0.15) is 11.6 Å². The van der Waals surface area contributed by atoms with Crippen molar-refractivity contribution in [3.8, 4) is 28.5 Å². The maximum Gasteiger partial charge on any atom is 0.270 e. The Morgan fingerprint density at radius 2 is 1.54 bits per heavy atom. The van der Waals surface area contributed by atoms with Crippen LogP contribution in [0.3, 0.4) is 0 Å². The van der Waals surface area contributed by atoms with Gasteiger partial charge < -0.3 is 4.98 Å². The van der Waals surface area contributed by atoms with E-state index in [4.69, 9.17) is 0 Å². The van der Waals surface area contributed by atoms with Gasteiger partial charge in [0.05, 0.1) is 5.69 Å². The lowest BCUT2D eigenvalue weighted by Gasteiger charge is -2.07. The van der Waals surface area contributed by atoms with Crippen LogP contribution in [-0.2, 0) is 0 Å². The summed E-state index contributed by atoms with van der Waals surface area (Å²) in [5.74, 6) is 0. The predicted molar refractivity (Wildman–Crippen MR) is 97.0 cm³/mol. The van der Waals surface area contributed by atoms with Gasteiger partial charge in [0.15, 0.2) is 5.16 Å². The van der Waals surface area contributed by atoms with Crippen LogP contribution < -0.4 is 5.56 Å². The fourth-order valence-electron chi connectivity index (χ4n) is 2.43. The third-order valence-corrected chi connectivity index (χ3v) is 4.33. The molecule has 1 heterocycles. The number of aromatic nitrogens is 2. The zero-order valence-electron chi connectivity index (χ0n) is 13.3. The van der Waals surface area contributed by atoms with Crippen molar-refractivity contribution in [3.05, 3.63) is 70.0 Å². The van der Waals surface area contributed by atoms with Gasteiger partial charge in [-0.2, -0.15) is 5.26 Å². The molecule has 2 aromatic carbocycles. The van der Waals surface area contributed by atoms with Crippen molar-refractivity contribution in [2.45, 2.75) is 12.1 Å². The summed E-state index contributed by atoms with van der Waals surface area (Å²) >= 11 is 1.34. The minimum Gasteiger partial charge on any atom is -0.300 e. The second-order valence-electron chi connectivity index (χ2n) is 5.35. The first-order valence-corrected chi connectivity index (χ1v) is 8.60. The molecule has 24 heavy (non-hydrogen) atoms. The summed E-state index contributed by atoms with van der Waals surface area (Å²) in [6.45, 7) is 2.05. The first-order valence-electron chi connectivity index (χ1n) is 7.38. The highest BCUT2D eigenvalue weighted by molar-refractivity contribution is 7.98. The Balaban J connectivity index is 2.05. The maximum atomic E-state index is 12.0. The molecule has 0 radical (unpaired) electrons. The third kappa shape index (κ3) is 3.10. The number of aromatic amines is 1. The van der Waals surface area contributed by atoms with Crippen LogP contribution in [0, 0.1) is 18.3 Å². The average Bonchev–Trinajstić information content (AvgIpc) is 2.62. The Labute approximate surface area is 144 Å². The van der Waals surface area contributed by atoms with Crippen molar-refractivity contribution in [2.24, 2.45) is 0 Å². The quantitative estimate of drug-likeness (QED) is 0.581. The molecule has 3 aromatic rings. The largest absolute Gasteiger partial charge is 0.300 e. The highest BCUT2D eigenvalue weighted by atomic mass is 32.2. The lowest BCUT2D eigenvalue weighted by atomic mass is 10.0. The highest BCUT2D eigenvalue weighted by Crippen LogP contribution is 2.25. The molecule has 1 N–H and O–H groups in total. The van der Waals surface area contributed by atoms with Crippen molar-refractivity contribution < 1.29 is 0 Å². The van der Waals surface area contributed by atoms with Gasteiger partial charge in [-0.05, 0) is 24.3 Å². The summed E-state index contributed by atoms with van der Waals surface area (Å²) in [6.07, 6.45) is 1.83. The van der Waals surface area contributed by atoms with Gasteiger partial charge in [0, 0.05) is 5.56 Å². The summed E-state index contributed by atoms with van der Waals surface area (Å²) in [5, 5.41) is 9.76. The van der Waals surface area contributed by atoms with Gasteiger partial charge >= 0.3 is 0 Å². The van der Waals surface area contributed by atoms with Crippen molar-refractivity contribution in [1.29, 1.82) is 5.26 Å². The van der Waals surface area contributed by atoms with Crippen LogP contribution in [-0.4, -0.2) is 16.2 Å². The molecule has 0 aliphatic carbocycles. The number of thioether (sulfide) groups is 1. The Morgan fingerprint density at radius 1 is 1.00 bits per heavy atom. The molecule has 0 atom stereocenters. The summed E-state index contributed by atoms with van der Waals surface area (Å²) in [6, 6.07) is 18.0. The van der Waals surface area contributed by atoms with Crippen LogP contribution in [0.4, 0.5) is 0 Å². The molecule has 0 aliphatic rings. The fourth-order valence-corrected chi connectivity index (χ4v) is 2.81. The Morgan fingerprint density at radius 3 is 2.08 bits per heavy atom. The van der Waals surface area contributed by atoms with Crippen molar-refractivity contribution in [3.63, 3.8) is 0 Å². The standard InChI is InChI=1S/C19H15N3OS/c1-12-3-5-13(6-4-12)14-7-9-15(10-8-14)17-16(11-20)18(23)22-19(21-17)24-2/h3-10H,1-2H3,(H,21,22,23). The van der Waals surface area contributed by atoms with E-state index >= 15 is 0 Å². The Bertz CT molecular complexity index is 967. The lowest BCUT2D eigenvalue weighted by Crippen LogP contribution is -2.14. The Hall–Kier alpha value is -2.84. The van der Waals surface area contributed by atoms with Crippen LogP contribution in [0.15, 0.2) is 58.5 Å². The van der Waals surface area contributed by atoms with Crippen LogP contribution in [0.2, 0.25) is 0 Å². The maximum absolute atomic E-state index is 12.0. The first kappa shape index (κ1) is 16.0. The minimum absolute atomic E-state index is 0.0379. The van der Waals surface area contributed by atoms with Crippen LogP contribution in [0.25, 0.3) is 22.4 Å². The highest BCUT2D eigenvalue weighted by Gasteiger charge is 2.13. The van der Waals surface area contributed by atoms with E-state index in [1.54, 1.807) is 0 Å². The SMILES string of the molecule is CSc1nc(-c2ccc(-c3ccc(C)cc3)cc2)c(C#N)c(=O)[nH]1. The number of hydrogen-bond donors (Lipinski definition) is 1. The molecular weight excluding hydrogens is 318 g/mol. The van der Waals surface area contributed by atoms with E-state index in [0.717, 1.165) is 16.7 Å². The van der Waals surface area contributed by atoms with Crippen LogP contribution in [0.5, 0.6) is 0 Å². The second kappa shape index (κ2) is 6.73. The predicted octanol–water partition coefficient (Wildman–Crippen LogP) is 4.01. The molecule has 1 aromatic heterocycles. The smallest absolute Gasteiger partial charge is 0.270 e. The Kier molecular flexibility index (Phi) is 4.50. The van der Waals surface area contributed by atoms with E-state index in [0.29, 0.717) is 10.9 Å². The molecule has 0 fully saturated rings. The molecule has 0 aliphatic heterocycles. The van der Waals surface area contributed by atoms with Gasteiger partial charge in [-0.15, -0.1) is 0 Å². The molecular formula is C19H15N3OS. The van der Waals surface area contributed by atoms with Crippen molar-refractivity contribution >= 4 is 11.8 Å². The van der Waals surface area contributed by atoms with E-state index in [9.17, 15) is 10.1 Å². The number of rotatable bonds is 3. The molecule has 0 amide bonds. The van der Waals surface area contributed by atoms with E-state index in [2.05, 4.69) is 41.2 Å². The number of aryl methyl sites for hydroxylation is 1. The molecule has 3 rings (SSSR count). The molecule has 118 valence electrons. The van der Waals surface area contributed by atoms with E-state index in [1.165, 1.54) is 17.3 Å². The average molecular weight is 333 g/mol. The molecule has 4 nitrogen and oxygen atoms in total. The van der Waals surface area contributed by atoms with E-state index < -0.39 is 5.56 Å². The molecule has 0 bridgehead atoms. The summed E-state index contributed by atoms with van der Waals surface area (Å²) in [4.78, 5) is 19.0. The number of H-pyrrole nitrogens is 1. The normalized spacial score (nSPS) is 10.4. The topological polar surface area (TPSA) is 69.5 Å². The second-order valence-corrected chi connectivity index (χ2v) is 6.15. The monoisotopic (exact) mass is 333 g/mol. The number of hydrogen-bond acceptors (Lipinski definition) is 4. The molecule has 5 heteroatoms. The van der Waals surface area contributed by atoms with Gasteiger partial charge in [0.25, 0.3) is 5.56 Å².